The Bertz CT molecular complexity index is 1130. The molecule has 0 aliphatic heterocycles. The van der Waals surface area contributed by atoms with Crippen LogP contribution in [0.2, 0.25) is 0 Å². The van der Waals surface area contributed by atoms with Crippen molar-refractivity contribution in [3.8, 4) is 11.1 Å². The maximum atomic E-state index is 15.0. The molecule has 0 fully saturated rings. The van der Waals surface area contributed by atoms with Crippen LogP contribution in [0.5, 0.6) is 0 Å². The molecule has 0 saturated heterocycles. The van der Waals surface area contributed by atoms with Crippen molar-refractivity contribution in [3.63, 3.8) is 0 Å². The fourth-order valence-electron chi connectivity index (χ4n) is 3.54. The first-order chi connectivity index (χ1) is 14.7. The first-order valence-electron chi connectivity index (χ1n) is 9.52. The van der Waals surface area contributed by atoms with Gasteiger partial charge in [-0.3, -0.25) is 0 Å². The van der Waals surface area contributed by atoms with E-state index in [4.69, 9.17) is 10.5 Å². The number of hydrogen-bond acceptors (Lipinski definition) is 2. The van der Waals surface area contributed by atoms with Crippen LogP contribution in [-0.2, 0) is 17.5 Å². The lowest BCUT2D eigenvalue weighted by Gasteiger charge is -2.24. The first kappa shape index (κ1) is 24.1. The van der Waals surface area contributed by atoms with E-state index in [1.54, 1.807) is 13.8 Å². The maximum Gasteiger partial charge on any atom is 0.417 e. The molecular weight excluding hydrogens is 441 g/mol. The molecule has 2 N–H and O–H groups in total. The topological polar surface area (TPSA) is 40.2 Å². The van der Waals surface area contributed by atoms with Crippen LogP contribution < -0.4 is 5.73 Å². The van der Waals surface area contributed by atoms with Crippen molar-refractivity contribution in [1.82, 2.24) is 4.57 Å². The van der Waals surface area contributed by atoms with Crippen molar-refractivity contribution in [3.05, 3.63) is 59.5 Å². The highest BCUT2D eigenvalue weighted by atomic mass is 19.4. The van der Waals surface area contributed by atoms with Gasteiger partial charge in [-0.2, -0.15) is 26.3 Å². The molecule has 0 saturated carbocycles. The third-order valence-corrected chi connectivity index (χ3v) is 5.31. The molecule has 3 nitrogen and oxygen atoms in total. The number of ether oxygens (including phenoxy) is 1. The Kier molecular flexibility index (Phi) is 6.07. The fraction of sp³-hybridized carbons (Fsp3) is 0.364. The molecule has 1 aromatic heterocycles. The number of alkyl halides is 6. The average molecular weight is 462 g/mol. The number of methoxy groups -OCH3 is 1. The average Bonchev–Trinajstić information content (AvgIpc) is 3.01. The molecule has 3 rings (SSSR count). The number of benzene rings is 2. The second kappa shape index (κ2) is 8.08. The Morgan fingerprint density at radius 2 is 1.62 bits per heavy atom. The summed E-state index contributed by atoms with van der Waals surface area (Å²) in [5, 5.41) is -0.132. The Morgan fingerprint density at radius 3 is 2.19 bits per heavy atom. The van der Waals surface area contributed by atoms with Crippen LogP contribution in [0.15, 0.2) is 42.6 Å². The molecule has 0 aliphatic rings. The van der Waals surface area contributed by atoms with Gasteiger partial charge < -0.3 is 15.0 Å². The van der Waals surface area contributed by atoms with Crippen LogP contribution in [0.1, 0.15) is 31.0 Å². The van der Waals surface area contributed by atoms with Crippen molar-refractivity contribution in [1.29, 1.82) is 0 Å². The van der Waals surface area contributed by atoms with Crippen molar-refractivity contribution in [2.45, 2.75) is 44.4 Å². The van der Waals surface area contributed by atoms with Gasteiger partial charge in [0.15, 0.2) is 0 Å². The summed E-state index contributed by atoms with van der Waals surface area (Å²) in [7, 11) is 1.42. The summed E-state index contributed by atoms with van der Waals surface area (Å²) < 4.78 is 102. The van der Waals surface area contributed by atoms with Gasteiger partial charge in [0.1, 0.15) is 11.9 Å². The molecule has 0 bridgehead atoms. The zero-order chi connectivity index (χ0) is 24.1. The van der Waals surface area contributed by atoms with Crippen LogP contribution in [0, 0.1) is 5.82 Å². The molecule has 1 heterocycles. The van der Waals surface area contributed by atoms with Crippen LogP contribution in [-0.4, -0.2) is 23.5 Å². The lowest BCUT2D eigenvalue weighted by atomic mass is 9.96. The number of rotatable bonds is 5. The molecule has 1 atom stereocenters. The minimum absolute atomic E-state index is 0.0521. The Morgan fingerprint density at radius 1 is 1.00 bits per heavy atom. The lowest BCUT2D eigenvalue weighted by Crippen LogP contribution is -2.29. The molecule has 10 heteroatoms. The quantitative estimate of drug-likeness (QED) is 0.443. The number of nitrogens with two attached hydrogens (primary N) is 1. The summed E-state index contributed by atoms with van der Waals surface area (Å²) >= 11 is 0. The molecule has 0 aliphatic carbocycles. The number of aromatic nitrogens is 1. The Labute approximate surface area is 179 Å². The van der Waals surface area contributed by atoms with E-state index < -0.39 is 40.9 Å². The monoisotopic (exact) mass is 462 g/mol. The zero-order valence-corrected chi connectivity index (χ0v) is 17.4. The molecule has 32 heavy (non-hydrogen) atoms. The van der Waals surface area contributed by atoms with Crippen molar-refractivity contribution in [2.75, 3.05) is 7.11 Å². The molecule has 0 spiro atoms. The van der Waals surface area contributed by atoms with E-state index in [2.05, 4.69) is 0 Å². The minimum Gasteiger partial charge on any atom is -0.377 e. The van der Waals surface area contributed by atoms with E-state index in [9.17, 15) is 26.3 Å². The highest BCUT2D eigenvalue weighted by Gasteiger charge is 2.40. The zero-order valence-electron chi connectivity index (χ0n) is 17.4. The summed E-state index contributed by atoms with van der Waals surface area (Å²) in [6.07, 6.45) is -8.40. The van der Waals surface area contributed by atoms with E-state index in [1.165, 1.54) is 23.8 Å². The van der Waals surface area contributed by atoms with E-state index in [0.29, 0.717) is 0 Å². The molecular formula is C22H21F7N2O. The Balaban J connectivity index is 2.32. The summed E-state index contributed by atoms with van der Waals surface area (Å²) in [5.41, 5.74) is 2.43. The van der Waals surface area contributed by atoms with Gasteiger partial charge in [0.2, 0.25) is 0 Å². The summed E-state index contributed by atoms with van der Waals surface area (Å²) in [5.74, 6) is -1.09. The number of halogens is 7. The van der Waals surface area contributed by atoms with E-state index in [1.807, 2.05) is 0 Å². The first-order valence-corrected chi connectivity index (χ1v) is 9.52. The van der Waals surface area contributed by atoms with Gasteiger partial charge >= 0.3 is 12.4 Å². The predicted octanol–water partition coefficient (Wildman–Crippen LogP) is 6.45. The van der Waals surface area contributed by atoms with Crippen molar-refractivity contribution < 1.29 is 35.5 Å². The van der Waals surface area contributed by atoms with Crippen molar-refractivity contribution >= 4 is 10.9 Å². The van der Waals surface area contributed by atoms with Crippen LogP contribution >= 0.6 is 0 Å². The molecule has 2 aromatic carbocycles. The Hall–Kier alpha value is -2.59. The summed E-state index contributed by atoms with van der Waals surface area (Å²) in [6.45, 7) is 3.42. The number of nitrogens with zero attached hydrogens (tertiary/aromatic N) is 1. The molecule has 0 radical (unpaired) electrons. The van der Waals surface area contributed by atoms with Gasteiger partial charge in [-0.15, -0.1) is 0 Å². The third kappa shape index (κ3) is 4.61. The van der Waals surface area contributed by atoms with Crippen molar-refractivity contribution in [2.24, 2.45) is 5.73 Å². The smallest absolute Gasteiger partial charge is 0.377 e. The summed E-state index contributed by atoms with van der Waals surface area (Å²) in [6, 6.07) is 3.95. The number of hydrogen-bond donors (Lipinski definition) is 1. The van der Waals surface area contributed by atoms with Gasteiger partial charge in [-0.1, -0.05) is 18.2 Å². The lowest BCUT2D eigenvalue weighted by molar-refractivity contribution is -0.149. The van der Waals surface area contributed by atoms with Crippen LogP contribution in [0.3, 0.4) is 0 Å². The van der Waals surface area contributed by atoms with Gasteiger partial charge in [-0.05, 0) is 37.6 Å². The van der Waals surface area contributed by atoms with Crippen LogP contribution in [0.25, 0.3) is 22.0 Å². The van der Waals surface area contributed by atoms with Crippen LogP contribution in [0.4, 0.5) is 30.7 Å². The maximum absolute atomic E-state index is 15.0. The molecule has 3 aromatic rings. The highest BCUT2D eigenvalue weighted by Crippen LogP contribution is 2.41. The minimum atomic E-state index is -4.80. The number of fused-ring (bicyclic) bond motifs is 1. The third-order valence-electron chi connectivity index (χ3n) is 5.31. The standard InChI is InChI=1S/C22H21F7N2O/c1-20(2,32-3)11-31-10-15(19(30)22(27,28)29)14-8-17(23)13(9-18(14)31)12-6-4-5-7-16(12)21(24,25)26/h4-10,19H,11,30H2,1-3H3/t19-/m0/s1. The SMILES string of the molecule is COC(C)(C)Cn1cc([C@H](N)C(F)(F)F)c2cc(F)c(-c3ccccc3C(F)(F)F)cc21. The van der Waals surface area contributed by atoms with Gasteiger partial charge in [0, 0.05) is 35.3 Å². The fourth-order valence-corrected chi connectivity index (χ4v) is 3.54. The largest absolute Gasteiger partial charge is 0.417 e. The van der Waals surface area contributed by atoms with E-state index in [-0.39, 0.29) is 28.6 Å². The van der Waals surface area contributed by atoms with E-state index >= 15 is 4.39 Å². The molecule has 174 valence electrons. The van der Waals surface area contributed by atoms with Gasteiger partial charge in [0.25, 0.3) is 0 Å². The summed E-state index contributed by atoms with van der Waals surface area (Å²) in [4.78, 5) is 0. The normalized spacial score (nSPS) is 14.2. The highest BCUT2D eigenvalue weighted by molar-refractivity contribution is 5.89. The molecule has 0 unspecified atom stereocenters. The molecule has 0 amide bonds. The second-order valence-corrected chi connectivity index (χ2v) is 8.09. The van der Waals surface area contributed by atoms with Gasteiger partial charge in [0.05, 0.1) is 17.7 Å². The van der Waals surface area contributed by atoms with Gasteiger partial charge in [-0.25, -0.2) is 4.39 Å². The second-order valence-electron chi connectivity index (χ2n) is 8.09. The van der Waals surface area contributed by atoms with E-state index in [0.717, 1.165) is 30.5 Å². The predicted molar refractivity (Wildman–Crippen MR) is 106 cm³/mol.